The van der Waals surface area contributed by atoms with Crippen molar-refractivity contribution in [3.8, 4) is 0 Å². The quantitative estimate of drug-likeness (QED) is 0.393. The normalized spacial score (nSPS) is 13.0. The van der Waals surface area contributed by atoms with E-state index < -0.39 is 23.6 Å². The maximum Gasteiger partial charge on any atom is 0.386 e. The monoisotopic (exact) mass is 378 g/mol. The second-order valence-electron chi connectivity index (χ2n) is 7.04. The van der Waals surface area contributed by atoms with Gasteiger partial charge in [0.1, 0.15) is 5.82 Å². The van der Waals surface area contributed by atoms with E-state index in [4.69, 9.17) is 4.74 Å². The second-order valence-corrected chi connectivity index (χ2v) is 7.04. The van der Waals surface area contributed by atoms with Gasteiger partial charge in [0.25, 0.3) is 0 Å². The fourth-order valence-corrected chi connectivity index (χ4v) is 3.13. The van der Waals surface area contributed by atoms with Gasteiger partial charge in [0.05, 0.1) is 11.7 Å². The van der Waals surface area contributed by atoms with Gasteiger partial charge in [0.2, 0.25) is 0 Å². The predicted octanol–water partition coefficient (Wildman–Crippen LogP) is 7.34. The minimum atomic E-state index is -3.69. The highest BCUT2D eigenvalue weighted by molar-refractivity contribution is 5.28. The summed E-state index contributed by atoms with van der Waals surface area (Å²) in [7, 11) is 0. The average molecular weight is 378 g/mol. The fraction of sp³-hybridized carbons (Fsp3) is 0.478. The highest BCUT2D eigenvalue weighted by Crippen LogP contribution is 2.36. The molecule has 27 heavy (non-hydrogen) atoms. The molecule has 0 spiro atoms. The van der Waals surface area contributed by atoms with Crippen molar-refractivity contribution in [2.24, 2.45) is 0 Å². The van der Waals surface area contributed by atoms with Crippen molar-refractivity contribution < 1.29 is 17.9 Å². The molecule has 4 heteroatoms. The SMILES string of the molecule is CCCCCc1ccc(C(C)OC(F)(F)c2ccc(CCC)cc2F)cc1. The molecule has 0 radical (unpaired) electrons. The number of hydrogen-bond donors (Lipinski definition) is 0. The van der Waals surface area contributed by atoms with Gasteiger partial charge in [0.15, 0.2) is 0 Å². The molecular weight excluding hydrogens is 349 g/mol. The topological polar surface area (TPSA) is 9.23 Å². The van der Waals surface area contributed by atoms with Crippen LogP contribution in [0.5, 0.6) is 0 Å². The molecule has 0 aliphatic rings. The van der Waals surface area contributed by atoms with Gasteiger partial charge >= 0.3 is 6.11 Å². The van der Waals surface area contributed by atoms with E-state index in [1.54, 1.807) is 6.92 Å². The first-order valence-corrected chi connectivity index (χ1v) is 9.80. The highest BCUT2D eigenvalue weighted by atomic mass is 19.3. The maximum absolute atomic E-state index is 14.5. The van der Waals surface area contributed by atoms with Crippen LogP contribution in [0, 0.1) is 5.82 Å². The molecule has 0 saturated heterocycles. The molecule has 0 fully saturated rings. The van der Waals surface area contributed by atoms with E-state index in [9.17, 15) is 13.2 Å². The van der Waals surface area contributed by atoms with Crippen LogP contribution in [0.2, 0.25) is 0 Å². The summed E-state index contributed by atoms with van der Waals surface area (Å²) in [6, 6.07) is 11.3. The lowest BCUT2D eigenvalue weighted by Gasteiger charge is -2.23. The Morgan fingerprint density at radius 2 is 1.56 bits per heavy atom. The van der Waals surface area contributed by atoms with Gasteiger partial charge in [-0.15, -0.1) is 0 Å². The van der Waals surface area contributed by atoms with E-state index in [2.05, 4.69) is 6.92 Å². The summed E-state index contributed by atoms with van der Waals surface area (Å²) in [5, 5.41) is 0. The molecule has 0 amide bonds. The van der Waals surface area contributed by atoms with E-state index in [0.29, 0.717) is 17.5 Å². The number of rotatable bonds is 10. The number of unbranched alkanes of at least 4 members (excludes halogenated alkanes) is 2. The first-order chi connectivity index (χ1) is 12.9. The Hall–Kier alpha value is -1.81. The van der Waals surface area contributed by atoms with Crippen molar-refractivity contribution in [1.29, 1.82) is 0 Å². The molecule has 0 aliphatic carbocycles. The predicted molar refractivity (Wildman–Crippen MR) is 103 cm³/mol. The van der Waals surface area contributed by atoms with Crippen molar-refractivity contribution in [2.75, 3.05) is 0 Å². The average Bonchev–Trinajstić information content (AvgIpc) is 2.62. The molecule has 2 aromatic carbocycles. The van der Waals surface area contributed by atoms with Gasteiger partial charge in [0, 0.05) is 0 Å². The zero-order chi connectivity index (χ0) is 19.9. The summed E-state index contributed by atoms with van der Waals surface area (Å²) in [5.41, 5.74) is 1.83. The number of alkyl halides is 2. The van der Waals surface area contributed by atoms with Gasteiger partial charge in [-0.3, -0.25) is 0 Å². The highest BCUT2D eigenvalue weighted by Gasteiger charge is 2.38. The van der Waals surface area contributed by atoms with Gasteiger partial charge < -0.3 is 4.74 Å². The number of ether oxygens (including phenoxy) is 1. The standard InChI is InChI=1S/C23H29F3O/c1-4-6-7-9-18-10-13-20(14-11-18)17(3)27-23(25,26)21-15-12-19(8-5-2)16-22(21)24/h10-17H,4-9H2,1-3H3. The van der Waals surface area contributed by atoms with Crippen molar-refractivity contribution >= 4 is 0 Å². The molecule has 2 aromatic rings. The minimum Gasteiger partial charge on any atom is -0.309 e. The Balaban J connectivity index is 2.05. The zero-order valence-electron chi connectivity index (χ0n) is 16.4. The van der Waals surface area contributed by atoms with Gasteiger partial charge in [-0.05, 0) is 55.0 Å². The molecule has 148 valence electrons. The lowest BCUT2D eigenvalue weighted by Crippen LogP contribution is -2.22. The minimum absolute atomic E-state index is 0.650. The largest absolute Gasteiger partial charge is 0.386 e. The zero-order valence-corrected chi connectivity index (χ0v) is 16.4. The van der Waals surface area contributed by atoms with Gasteiger partial charge in [-0.1, -0.05) is 63.4 Å². The third kappa shape index (κ3) is 6.10. The van der Waals surface area contributed by atoms with Crippen LogP contribution in [0.1, 0.15) is 74.8 Å². The third-order valence-electron chi connectivity index (χ3n) is 4.73. The molecule has 0 heterocycles. The van der Waals surface area contributed by atoms with Crippen molar-refractivity contribution in [3.05, 3.63) is 70.5 Å². The first kappa shape index (κ1) is 21.5. The molecule has 1 nitrogen and oxygen atoms in total. The third-order valence-corrected chi connectivity index (χ3v) is 4.73. The Morgan fingerprint density at radius 3 is 2.15 bits per heavy atom. The summed E-state index contributed by atoms with van der Waals surface area (Å²) in [5.74, 6) is -0.926. The van der Waals surface area contributed by atoms with E-state index in [1.807, 2.05) is 31.2 Å². The van der Waals surface area contributed by atoms with Crippen LogP contribution in [0.25, 0.3) is 0 Å². The smallest absolute Gasteiger partial charge is 0.309 e. The van der Waals surface area contributed by atoms with Crippen molar-refractivity contribution in [1.82, 2.24) is 0 Å². The molecule has 0 saturated carbocycles. The number of hydrogen-bond acceptors (Lipinski definition) is 1. The van der Waals surface area contributed by atoms with Gasteiger partial charge in [-0.25, -0.2) is 4.39 Å². The summed E-state index contributed by atoms with van der Waals surface area (Å²) < 4.78 is 48.1. The van der Waals surface area contributed by atoms with Gasteiger partial charge in [-0.2, -0.15) is 8.78 Å². The first-order valence-electron chi connectivity index (χ1n) is 9.80. The number of benzene rings is 2. The summed E-state index contributed by atoms with van der Waals surface area (Å²) in [6.07, 6.45) is 1.39. The van der Waals surface area contributed by atoms with Crippen LogP contribution in [0.3, 0.4) is 0 Å². The lowest BCUT2D eigenvalue weighted by molar-refractivity contribution is -0.273. The van der Waals surface area contributed by atoms with E-state index >= 15 is 0 Å². The maximum atomic E-state index is 14.5. The summed E-state index contributed by atoms with van der Waals surface area (Å²) in [6.45, 7) is 5.67. The van der Waals surface area contributed by atoms with Crippen LogP contribution in [-0.2, 0) is 23.7 Å². The summed E-state index contributed by atoms with van der Waals surface area (Å²) >= 11 is 0. The molecule has 1 atom stereocenters. The van der Waals surface area contributed by atoms with E-state index in [-0.39, 0.29) is 0 Å². The molecule has 2 rings (SSSR count). The van der Waals surface area contributed by atoms with Crippen molar-refractivity contribution in [2.45, 2.75) is 71.5 Å². The van der Waals surface area contributed by atoms with Crippen LogP contribution in [-0.4, -0.2) is 0 Å². The van der Waals surface area contributed by atoms with Crippen LogP contribution in [0.4, 0.5) is 13.2 Å². The van der Waals surface area contributed by atoms with E-state index in [1.165, 1.54) is 24.1 Å². The van der Waals surface area contributed by atoms with Crippen LogP contribution >= 0.6 is 0 Å². The fourth-order valence-electron chi connectivity index (χ4n) is 3.13. The van der Waals surface area contributed by atoms with E-state index in [0.717, 1.165) is 31.7 Å². The molecule has 0 bridgehead atoms. The second kappa shape index (κ2) is 9.93. The Labute approximate surface area is 160 Å². The molecule has 1 unspecified atom stereocenters. The Kier molecular flexibility index (Phi) is 7.91. The molecule has 0 aromatic heterocycles. The molecule has 0 N–H and O–H groups in total. The number of halogens is 3. The summed E-state index contributed by atoms with van der Waals surface area (Å²) in [4.78, 5) is 0. The number of aryl methyl sites for hydroxylation is 2. The van der Waals surface area contributed by atoms with Crippen LogP contribution < -0.4 is 0 Å². The van der Waals surface area contributed by atoms with Crippen molar-refractivity contribution in [3.63, 3.8) is 0 Å². The lowest BCUT2D eigenvalue weighted by atomic mass is 10.0. The van der Waals surface area contributed by atoms with Crippen LogP contribution in [0.15, 0.2) is 42.5 Å². The Bertz CT molecular complexity index is 710. The molecule has 0 aliphatic heterocycles. The molecular formula is C23H29F3O. The Morgan fingerprint density at radius 1 is 0.889 bits per heavy atom.